The molecule has 2 aromatic carbocycles. The van der Waals surface area contributed by atoms with Crippen LogP contribution in [0.5, 0.6) is 5.75 Å². The average Bonchev–Trinajstić information content (AvgIpc) is 2.60. The van der Waals surface area contributed by atoms with Gasteiger partial charge in [-0.3, -0.25) is 0 Å². The number of nitrogens with two attached hydrogens (primary N) is 1. The molecule has 142 valence electrons. The van der Waals surface area contributed by atoms with Crippen LogP contribution in [0.1, 0.15) is 5.56 Å². The van der Waals surface area contributed by atoms with Crippen LogP contribution in [-0.4, -0.2) is 39.9 Å². The van der Waals surface area contributed by atoms with Crippen LogP contribution in [0.4, 0.5) is 5.69 Å². The van der Waals surface area contributed by atoms with Gasteiger partial charge in [0, 0.05) is 19.8 Å². The first-order valence-corrected chi connectivity index (χ1v) is 9.00. The monoisotopic (exact) mass is 490 g/mol. The summed E-state index contributed by atoms with van der Waals surface area (Å²) in [5.41, 5.74) is 7.23. The van der Waals surface area contributed by atoms with Gasteiger partial charge in [0.1, 0.15) is 5.75 Å². The van der Waals surface area contributed by atoms with Gasteiger partial charge >= 0.3 is 0 Å². The van der Waals surface area contributed by atoms with Crippen molar-refractivity contribution in [3.63, 3.8) is 0 Å². The zero-order valence-corrected chi connectivity index (χ0v) is 18.0. The summed E-state index contributed by atoms with van der Waals surface area (Å²) >= 11 is 0. The number of sulfonamides is 1. The average molecular weight is 490 g/mol. The molecular formula is C17H23IN4O3S. The first-order chi connectivity index (χ1) is 11.8. The summed E-state index contributed by atoms with van der Waals surface area (Å²) in [4.78, 5) is 4.46. The van der Waals surface area contributed by atoms with Crippen molar-refractivity contribution in [2.24, 2.45) is 10.7 Å². The highest BCUT2D eigenvalue weighted by Gasteiger charge is 2.20. The van der Waals surface area contributed by atoms with Crippen molar-refractivity contribution < 1.29 is 13.2 Å². The largest absolute Gasteiger partial charge is 0.497 e. The summed E-state index contributed by atoms with van der Waals surface area (Å²) in [6, 6.07) is 14.0. The molecule has 0 aromatic heterocycles. The predicted molar refractivity (Wildman–Crippen MR) is 115 cm³/mol. The van der Waals surface area contributed by atoms with Gasteiger partial charge in [0.2, 0.25) is 10.0 Å². The first kappa shape index (κ1) is 22.2. The maximum atomic E-state index is 12.4. The number of nitrogens with one attached hydrogen (secondary N) is 1. The number of ether oxygens (including phenoxy) is 1. The van der Waals surface area contributed by atoms with E-state index in [1.165, 1.54) is 18.4 Å². The third-order valence-corrected chi connectivity index (χ3v) is 5.43. The van der Waals surface area contributed by atoms with Crippen molar-refractivity contribution in [1.82, 2.24) is 4.31 Å². The number of methoxy groups -OCH3 is 1. The van der Waals surface area contributed by atoms with Gasteiger partial charge in [-0.25, -0.2) is 17.7 Å². The molecule has 2 rings (SSSR count). The highest BCUT2D eigenvalue weighted by Crippen LogP contribution is 2.19. The van der Waals surface area contributed by atoms with E-state index in [-0.39, 0.29) is 41.4 Å². The lowest BCUT2D eigenvalue weighted by atomic mass is 10.2. The molecule has 2 aromatic rings. The lowest BCUT2D eigenvalue weighted by molar-refractivity contribution is 0.415. The van der Waals surface area contributed by atoms with E-state index in [0.717, 1.165) is 11.4 Å². The Hall–Kier alpha value is -1.85. The maximum Gasteiger partial charge on any atom is 0.242 e. The number of hydrogen-bond donors (Lipinski definition) is 2. The molecule has 0 heterocycles. The van der Waals surface area contributed by atoms with E-state index in [4.69, 9.17) is 10.5 Å². The third-order valence-electron chi connectivity index (χ3n) is 3.51. The van der Waals surface area contributed by atoms with Crippen LogP contribution in [0, 0.1) is 0 Å². The number of benzene rings is 2. The quantitative estimate of drug-likeness (QED) is 0.369. The van der Waals surface area contributed by atoms with E-state index in [9.17, 15) is 8.42 Å². The van der Waals surface area contributed by atoms with Crippen molar-refractivity contribution in [2.75, 3.05) is 26.5 Å². The Morgan fingerprint density at radius 2 is 1.77 bits per heavy atom. The lowest BCUT2D eigenvalue weighted by Crippen LogP contribution is -2.24. The Morgan fingerprint density at radius 3 is 2.35 bits per heavy atom. The van der Waals surface area contributed by atoms with E-state index < -0.39 is 10.0 Å². The standard InChI is InChI=1S/C17H22N4O3S.HI/c1-21(2)25(22,23)16-7-5-4-6-13(16)12-19-17(18)20-14-8-10-15(24-3)11-9-14;/h4-11H,12H2,1-3H3,(H3,18,19,20);1H. The van der Waals surface area contributed by atoms with Crippen LogP contribution < -0.4 is 15.8 Å². The Balaban J connectivity index is 0.00000338. The van der Waals surface area contributed by atoms with Crippen LogP contribution in [-0.2, 0) is 16.6 Å². The smallest absolute Gasteiger partial charge is 0.242 e. The molecule has 0 saturated carbocycles. The second-order valence-electron chi connectivity index (χ2n) is 5.45. The zero-order chi connectivity index (χ0) is 18.4. The minimum absolute atomic E-state index is 0. The molecule has 0 spiro atoms. The maximum absolute atomic E-state index is 12.4. The van der Waals surface area contributed by atoms with Crippen molar-refractivity contribution in [3.05, 3.63) is 54.1 Å². The molecule has 0 bridgehead atoms. The van der Waals surface area contributed by atoms with Gasteiger partial charge in [-0.05, 0) is 35.9 Å². The molecule has 0 unspecified atom stereocenters. The van der Waals surface area contributed by atoms with Gasteiger partial charge in [-0.1, -0.05) is 18.2 Å². The topological polar surface area (TPSA) is 97.0 Å². The molecule has 3 N–H and O–H groups in total. The van der Waals surface area contributed by atoms with Crippen LogP contribution in [0.2, 0.25) is 0 Å². The number of guanidine groups is 1. The molecule has 9 heteroatoms. The summed E-state index contributed by atoms with van der Waals surface area (Å²) in [5.74, 6) is 0.936. The zero-order valence-electron chi connectivity index (χ0n) is 14.8. The molecule has 0 atom stereocenters. The van der Waals surface area contributed by atoms with Crippen molar-refractivity contribution in [1.29, 1.82) is 0 Å². The molecule has 0 saturated heterocycles. The van der Waals surface area contributed by atoms with Gasteiger partial charge in [0.25, 0.3) is 0 Å². The van der Waals surface area contributed by atoms with Crippen molar-refractivity contribution >= 4 is 45.6 Å². The van der Waals surface area contributed by atoms with Crippen LogP contribution in [0.3, 0.4) is 0 Å². The van der Waals surface area contributed by atoms with E-state index in [0.29, 0.717) is 5.56 Å². The van der Waals surface area contributed by atoms with E-state index in [1.54, 1.807) is 43.5 Å². The molecular weight excluding hydrogens is 467 g/mol. The number of rotatable bonds is 6. The Labute approximate surface area is 171 Å². The van der Waals surface area contributed by atoms with Gasteiger partial charge < -0.3 is 15.8 Å². The minimum Gasteiger partial charge on any atom is -0.497 e. The fraction of sp³-hybridized carbons (Fsp3) is 0.235. The lowest BCUT2D eigenvalue weighted by Gasteiger charge is -2.14. The van der Waals surface area contributed by atoms with Gasteiger partial charge in [-0.2, -0.15) is 0 Å². The van der Waals surface area contributed by atoms with E-state index in [2.05, 4.69) is 10.3 Å². The SMILES string of the molecule is COc1ccc(NC(N)=NCc2ccccc2S(=O)(=O)N(C)C)cc1.I. The number of aliphatic imine (C=N–C) groups is 1. The second-order valence-corrected chi connectivity index (χ2v) is 7.57. The van der Waals surface area contributed by atoms with E-state index >= 15 is 0 Å². The van der Waals surface area contributed by atoms with Gasteiger partial charge in [-0.15, -0.1) is 24.0 Å². The highest BCUT2D eigenvalue weighted by molar-refractivity contribution is 14.0. The van der Waals surface area contributed by atoms with Crippen LogP contribution in [0.15, 0.2) is 58.4 Å². The summed E-state index contributed by atoms with van der Waals surface area (Å²) in [5, 5.41) is 2.96. The van der Waals surface area contributed by atoms with Crippen LogP contribution in [0.25, 0.3) is 0 Å². The van der Waals surface area contributed by atoms with Crippen molar-refractivity contribution in [3.8, 4) is 5.75 Å². The number of nitrogens with zero attached hydrogens (tertiary/aromatic N) is 2. The summed E-state index contributed by atoms with van der Waals surface area (Å²) in [6.07, 6.45) is 0. The highest BCUT2D eigenvalue weighted by atomic mass is 127. The molecule has 7 nitrogen and oxygen atoms in total. The Bertz CT molecular complexity index is 853. The molecule has 0 aliphatic carbocycles. The van der Waals surface area contributed by atoms with Crippen molar-refractivity contribution in [2.45, 2.75) is 11.4 Å². The molecule has 0 aliphatic rings. The number of hydrogen-bond acceptors (Lipinski definition) is 4. The summed E-state index contributed by atoms with van der Waals surface area (Å²) in [6.45, 7) is 0.151. The number of anilines is 1. The third kappa shape index (κ3) is 5.58. The molecule has 0 amide bonds. The summed E-state index contributed by atoms with van der Waals surface area (Å²) < 4.78 is 31.0. The molecule has 26 heavy (non-hydrogen) atoms. The minimum atomic E-state index is -3.53. The predicted octanol–water partition coefficient (Wildman–Crippen LogP) is 2.49. The fourth-order valence-corrected chi connectivity index (χ4v) is 3.22. The number of halogens is 1. The molecule has 0 aliphatic heterocycles. The first-order valence-electron chi connectivity index (χ1n) is 7.56. The van der Waals surface area contributed by atoms with Gasteiger partial charge in [0.15, 0.2) is 5.96 Å². The molecule has 0 fully saturated rings. The normalized spacial score (nSPS) is 11.8. The Kier molecular flexibility index (Phi) is 8.31. The van der Waals surface area contributed by atoms with E-state index in [1.807, 2.05) is 12.1 Å². The van der Waals surface area contributed by atoms with Crippen LogP contribution >= 0.6 is 24.0 Å². The van der Waals surface area contributed by atoms with Gasteiger partial charge in [0.05, 0.1) is 18.6 Å². The molecule has 0 radical (unpaired) electrons. The second kappa shape index (κ2) is 9.74. The summed E-state index contributed by atoms with van der Waals surface area (Å²) in [7, 11) is 1.05. The fourth-order valence-electron chi connectivity index (χ4n) is 2.11. The Morgan fingerprint density at radius 1 is 1.15 bits per heavy atom.